The van der Waals surface area contributed by atoms with Crippen LogP contribution >= 0.6 is 15.9 Å². The number of ether oxygens (including phenoxy) is 1. The fourth-order valence-corrected chi connectivity index (χ4v) is 3.83. The molecule has 2 bridgehead atoms. The van der Waals surface area contributed by atoms with Gasteiger partial charge < -0.3 is 4.74 Å². The molecule has 0 aliphatic heterocycles. The van der Waals surface area contributed by atoms with E-state index in [4.69, 9.17) is 4.74 Å². The smallest absolute Gasteiger partial charge is 0.312 e. The molecule has 0 N–H and O–H groups in total. The van der Waals surface area contributed by atoms with Gasteiger partial charge in [-0.25, -0.2) is 0 Å². The molecule has 2 nitrogen and oxygen atoms in total. The Morgan fingerprint density at radius 2 is 2.42 bits per heavy atom. The van der Waals surface area contributed by atoms with E-state index in [0.29, 0.717) is 4.83 Å². The SMILES string of the molecule is COC(=O)C12CCC(CC1Br)C2. The molecule has 2 fully saturated rings. The van der Waals surface area contributed by atoms with Crippen LogP contribution in [0.4, 0.5) is 0 Å². The molecule has 0 aromatic rings. The van der Waals surface area contributed by atoms with Crippen LogP contribution in [0.15, 0.2) is 0 Å². The summed E-state index contributed by atoms with van der Waals surface area (Å²) in [6, 6.07) is 0. The minimum atomic E-state index is -0.167. The largest absolute Gasteiger partial charge is 0.469 e. The zero-order valence-electron chi connectivity index (χ0n) is 7.18. The molecule has 0 saturated heterocycles. The molecule has 2 saturated carbocycles. The summed E-state index contributed by atoms with van der Waals surface area (Å²) in [6.07, 6.45) is 4.40. The van der Waals surface area contributed by atoms with Crippen LogP contribution < -0.4 is 0 Å². The van der Waals surface area contributed by atoms with Crippen LogP contribution in [0.1, 0.15) is 25.7 Å². The Hall–Kier alpha value is -0.0500. The molecule has 0 spiro atoms. The first-order valence-electron chi connectivity index (χ1n) is 4.41. The van der Waals surface area contributed by atoms with Gasteiger partial charge in [-0.1, -0.05) is 15.9 Å². The molecule has 0 aromatic carbocycles. The Morgan fingerprint density at radius 3 is 2.83 bits per heavy atom. The van der Waals surface area contributed by atoms with Crippen LogP contribution in [0.25, 0.3) is 0 Å². The van der Waals surface area contributed by atoms with E-state index < -0.39 is 0 Å². The average Bonchev–Trinajstić information content (AvgIpc) is 2.60. The van der Waals surface area contributed by atoms with Crippen LogP contribution in [-0.4, -0.2) is 17.9 Å². The first kappa shape index (κ1) is 8.54. The zero-order valence-corrected chi connectivity index (χ0v) is 8.76. The molecule has 3 atom stereocenters. The Kier molecular flexibility index (Phi) is 1.94. The minimum Gasteiger partial charge on any atom is -0.469 e. The third kappa shape index (κ3) is 0.951. The van der Waals surface area contributed by atoms with Crippen molar-refractivity contribution in [2.45, 2.75) is 30.5 Å². The summed E-state index contributed by atoms with van der Waals surface area (Å²) >= 11 is 3.59. The summed E-state index contributed by atoms with van der Waals surface area (Å²) in [5.74, 6) is 0.748. The van der Waals surface area contributed by atoms with Gasteiger partial charge in [-0.2, -0.15) is 0 Å². The van der Waals surface area contributed by atoms with Crippen LogP contribution in [-0.2, 0) is 9.53 Å². The first-order valence-corrected chi connectivity index (χ1v) is 5.33. The second-order valence-electron chi connectivity index (χ2n) is 3.96. The van der Waals surface area contributed by atoms with Crippen molar-refractivity contribution in [3.63, 3.8) is 0 Å². The van der Waals surface area contributed by atoms with Gasteiger partial charge in [0.15, 0.2) is 0 Å². The van der Waals surface area contributed by atoms with Gasteiger partial charge in [0, 0.05) is 4.83 Å². The van der Waals surface area contributed by atoms with E-state index in [0.717, 1.165) is 25.2 Å². The lowest BCUT2D eigenvalue weighted by Gasteiger charge is -2.28. The number of carbonyl (C=O) groups is 1. The molecule has 2 rings (SSSR count). The average molecular weight is 233 g/mol. The molecule has 3 heteroatoms. The Morgan fingerprint density at radius 1 is 1.67 bits per heavy atom. The molecule has 68 valence electrons. The maximum atomic E-state index is 11.6. The molecule has 3 unspecified atom stereocenters. The predicted molar refractivity (Wildman–Crippen MR) is 49.1 cm³/mol. The molecular weight excluding hydrogens is 220 g/mol. The second-order valence-corrected chi connectivity index (χ2v) is 5.07. The Balaban J connectivity index is 2.23. The van der Waals surface area contributed by atoms with Gasteiger partial charge in [-0.05, 0) is 31.6 Å². The van der Waals surface area contributed by atoms with Crippen LogP contribution in [0.3, 0.4) is 0 Å². The van der Waals surface area contributed by atoms with Crippen LogP contribution in [0.2, 0.25) is 0 Å². The third-order valence-electron chi connectivity index (χ3n) is 3.38. The quantitative estimate of drug-likeness (QED) is 0.512. The number of hydrogen-bond acceptors (Lipinski definition) is 2. The third-order valence-corrected chi connectivity index (χ3v) is 4.63. The Bertz CT molecular complexity index is 217. The highest BCUT2D eigenvalue weighted by Crippen LogP contribution is 2.57. The lowest BCUT2D eigenvalue weighted by molar-refractivity contribution is -0.151. The highest BCUT2D eigenvalue weighted by atomic mass is 79.9. The van der Waals surface area contributed by atoms with Crippen molar-refractivity contribution in [1.82, 2.24) is 0 Å². The second kappa shape index (κ2) is 2.72. The topological polar surface area (TPSA) is 26.3 Å². The minimum absolute atomic E-state index is 0.00984. The molecule has 2 aliphatic carbocycles. The Labute approximate surface area is 80.8 Å². The summed E-state index contributed by atoms with van der Waals surface area (Å²) in [4.78, 5) is 11.9. The molecule has 2 aliphatic rings. The van der Waals surface area contributed by atoms with E-state index in [1.54, 1.807) is 0 Å². The van der Waals surface area contributed by atoms with Gasteiger partial charge in [-0.15, -0.1) is 0 Å². The van der Waals surface area contributed by atoms with Crippen LogP contribution in [0.5, 0.6) is 0 Å². The summed E-state index contributed by atoms with van der Waals surface area (Å²) in [7, 11) is 1.49. The van der Waals surface area contributed by atoms with Gasteiger partial charge in [-0.3, -0.25) is 4.79 Å². The first-order chi connectivity index (χ1) is 5.69. The number of rotatable bonds is 1. The maximum absolute atomic E-state index is 11.6. The molecular formula is C9H13BrO2. The molecule has 12 heavy (non-hydrogen) atoms. The number of methoxy groups -OCH3 is 1. The van der Waals surface area contributed by atoms with E-state index in [2.05, 4.69) is 15.9 Å². The normalized spacial score (nSPS) is 44.8. The van der Waals surface area contributed by atoms with E-state index >= 15 is 0 Å². The van der Waals surface area contributed by atoms with Gasteiger partial charge in [0.05, 0.1) is 12.5 Å². The summed E-state index contributed by atoms with van der Waals surface area (Å²) in [6.45, 7) is 0. The molecule has 0 radical (unpaired) electrons. The zero-order chi connectivity index (χ0) is 8.77. The summed E-state index contributed by atoms with van der Waals surface area (Å²) in [5, 5.41) is 0. The summed E-state index contributed by atoms with van der Waals surface area (Å²) < 4.78 is 4.86. The van der Waals surface area contributed by atoms with E-state index in [1.807, 2.05) is 0 Å². The van der Waals surface area contributed by atoms with E-state index in [9.17, 15) is 4.79 Å². The van der Waals surface area contributed by atoms with E-state index in [-0.39, 0.29) is 11.4 Å². The standard InChI is InChI=1S/C9H13BrO2/c1-12-8(11)9-3-2-6(5-9)4-7(9)10/h6-7H,2-5H2,1H3. The lowest BCUT2D eigenvalue weighted by Crippen LogP contribution is -2.35. The van der Waals surface area contributed by atoms with Gasteiger partial charge >= 0.3 is 5.97 Å². The van der Waals surface area contributed by atoms with E-state index in [1.165, 1.54) is 13.5 Å². The van der Waals surface area contributed by atoms with Crippen molar-refractivity contribution in [2.75, 3.05) is 7.11 Å². The number of carbonyl (C=O) groups excluding carboxylic acids is 1. The molecule has 0 amide bonds. The molecule has 0 aromatic heterocycles. The van der Waals surface area contributed by atoms with Crippen molar-refractivity contribution >= 4 is 21.9 Å². The maximum Gasteiger partial charge on any atom is 0.312 e. The highest BCUT2D eigenvalue weighted by molar-refractivity contribution is 9.09. The van der Waals surface area contributed by atoms with Gasteiger partial charge in [0.1, 0.15) is 0 Å². The van der Waals surface area contributed by atoms with Gasteiger partial charge in [0.25, 0.3) is 0 Å². The highest BCUT2D eigenvalue weighted by Gasteiger charge is 2.56. The monoisotopic (exact) mass is 232 g/mol. The lowest BCUT2D eigenvalue weighted by atomic mass is 9.84. The number of halogens is 1. The van der Waals surface area contributed by atoms with Crippen molar-refractivity contribution in [3.05, 3.63) is 0 Å². The van der Waals surface area contributed by atoms with Crippen molar-refractivity contribution < 1.29 is 9.53 Å². The predicted octanol–water partition coefficient (Wildman–Crippen LogP) is 2.11. The fraction of sp³-hybridized carbons (Fsp3) is 0.889. The number of esters is 1. The van der Waals surface area contributed by atoms with Crippen molar-refractivity contribution in [2.24, 2.45) is 11.3 Å². The van der Waals surface area contributed by atoms with Gasteiger partial charge in [0.2, 0.25) is 0 Å². The molecule has 0 heterocycles. The van der Waals surface area contributed by atoms with Crippen molar-refractivity contribution in [1.29, 1.82) is 0 Å². The van der Waals surface area contributed by atoms with Crippen molar-refractivity contribution in [3.8, 4) is 0 Å². The van der Waals surface area contributed by atoms with Crippen LogP contribution in [0, 0.1) is 11.3 Å². The summed E-state index contributed by atoms with van der Waals surface area (Å²) in [5.41, 5.74) is -0.167. The fourth-order valence-electron chi connectivity index (χ4n) is 2.70. The number of hydrogen-bond donors (Lipinski definition) is 0. The number of fused-ring (bicyclic) bond motifs is 2. The number of alkyl halides is 1.